The van der Waals surface area contributed by atoms with Gasteiger partial charge in [0.2, 0.25) is 11.8 Å². The Balaban J connectivity index is 1.43. The SMILES string of the molecule is CO[C@@H]1CNC[C@H]1NCc1ccc2c(c1)C(=O)N(C1CCC(=O)NC1=O)C2. The van der Waals surface area contributed by atoms with Gasteiger partial charge in [0.1, 0.15) is 6.04 Å². The second-order valence-electron chi connectivity index (χ2n) is 7.31. The van der Waals surface area contributed by atoms with Crippen molar-refractivity contribution in [1.82, 2.24) is 20.9 Å². The standard InChI is InChI=1S/C19H24N4O4/c1-27-16-9-20-8-14(16)21-7-11-2-3-12-10-23(19(26)13(12)6-11)15-4-5-17(24)22-18(15)25/h2-3,6,14-16,20-21H,4-5,7-10H2,1H3,(H,22,24,25)/t14-,15?,16-/m1/s1. The van der Waals surface area contributed by atoms with Crippen LogP contribution in [0.4, 0.5) is 0 Å². The van der Waals surface area contributed by atoms with E-state index in [9.17, 15) is 14.4 Å². The summed E-state index contributed by atoms with van der Waals surface area (Å²) in [6, 6.07) is 5.53. The summed E-state index contributed by atoms with van der Waals surface area (Å²) in [6.07, 6.45) is 0.789. The third kappa shape index (κ3) is 3.47. The molecule has 0 bridgehead atoms. The van der Waals surface area contributed by atoms with Crippen LogP contribution in [0.25, 0.3) is 0 Å². The van der Waals surface area contributed by atoms with Crippen molar-refractivity contribution in [2.75, 3.05) is 20.2 Å². The molecule has 0 saturated carbocycles. The maximum atomic E-state index is 12.8. The molecule has 2 saturated heterocycles. The van der Waals surface area contributed by atoms with Gasteiger partial charge in [0.05, 0.1) is 6.10 Å². The average Bonchev–Trinajstić information content (AvgIpc) is 3.24. The van der Waals surface area contributed by atoms with Crippen LogP contribution >= 0.6 is 0 Å². The Labute approximate surface area is 157 Å². The van der Waals surface area contributed by atoms with Crippen LogP contribution in [0, 0.1) is 0 Å². The summed E-state index contributed by atoms with van der Waals surface area (Å²) in [5.41, 5.74) is 2.59. The number of benzene rings is 1. The lowest BCUT2D eigenvalue weighted by Crippen LogP contribution is -2.52. The van der Waals surface area contributed by atoms with Crippen molar-refractivity contribution >= 4 is 17.7 Å². The van der Waals surface area contributed by atoms with Crippen molar-refractivity contribution in [2.24, 2.45) is 0 Å². The Kier molecular flexibility index (Phi) is 4.94. The maximum absolute atomic E-state index is 12.8. The van der Waals surface area contributed by atoms with Crippen LogP contribution in [0.2, 0.25) is 0 Å². The molecular formula is C19H24N4O4. The number of fused-ring (bicyclic) bond motifs is 1. The van der Waals surface area contributed by atoms with E-state index in [1.54, 1.807) is 12.0 Å². The first-order valence-corrected chi connectivity index (χ1v) is 9.30. The number of amides is 3. The number of hydrogen-bond acceptors (Lipinski definition) is 6. The molecule has 27 heavy (non-hydrogen) atoms. The summed E-state index contributed by atoms with van der Waals surface area (Å²) in [5.74, 6) is -0.795. The number of methoxy groups -OCH3 is 1. The third-order valence-corrected chi connectivity index (χ3v) is 5.62. The van der Waals surface area contributed by atoms with Gasteiger partial charge in [-0.15, -0.1) is 0 Å². The molecule has 2 fully saturated rings. The van der Waals surface area contributed by atoms with Gasteiger partial charge < -0.3 is 20.3 Å². The van der Waals surface area contributed by atoms with Gasteiger partial charge in [0.25, 0.3) is 5.91 Å². The zero-order chi connectivity index (χ0) is 19.0. The highest BCUT2D eigenvalue weighted by atomic mass is 16.5. The van der Waals surface area contributed by atoms with E-state index < -0.39 is 6.04 Å². The van der Waals surface area contributed by atoms with Crippen molar-refractivity contribution < 1.29 is 19.1 Å². The zero-order valence-electron chi connectivity index (χ0n) is 15.3. The van der Waals surface area contributed by atoms with Crippen LogP contribution in [0.3, 0.4) is 0 Å². The molecule has 3 heterocycles. The van der Waals surface area contributed by atoms with Crippen LogP contribution in [-0.2, 0) is 27.4 Å². The van der Waals surface area contributed by atoms with E-state index in [1.807, 2.05) is 18.2 Å². The van der Waals surface area contributed by atoms with E-state index in [2.05, 4.69) is 16.0 Å². The number of nitrogens with one attached hydrogen (secondary N) is 3. The molecular weight excluding hydrogens is 348 g/mol. The number of piperidine rings is 1. The van der Waals surface area contributed by atoms with Gasteiger partial charge in [-0.3, -0.25) is 19.7 Å². The summed E-state index contributed by atoms with van der Waals surface area (Å²) < 4.78 is 5.45. The third-order valence-electron chi connectivity index (χ3n) is 5.62. The molecule has 0 aliphatic carbocycles. The van der Waals surface area contributed by atoms with E-state index in [1.165, 1.54) is 0 Å². The minimum Gasteiger partial charge on any atom is -0.378 e. The lowest BCUT2D eigenvalue weighted by molar-refractivity contribution is -0.136. The van der Waals surface area contributed by atoms with Crippen LogP contribution in [0.15, 0.2) is 18.2 Å². The van der Waals surface area contributed by atoms with Gasteiger partial charge in [0.15, 0.2) is 0 Å². The molecule has 3 N–H and O–H groups in total. The Morgan fingerprint density at radius 1 is 1.26 bits per heavy atom. The largest absolute Gasteiger partial charge is 0.378 e. The smallest absolute Gasteiger partial charge is 0.255 e. The molecule has 0 spiro atoms. The number of hydrogen-bond donors (Lipinski definition) is 3. The second kappa shape index (κ2) is 7.38. The van der Waals surface area contributed by atoms with Crippen molar-refractivity contribution in [3.8, 4) is 0 Å². The highest BCUT2D eigenvalue weighted by Crippen LogP contribution is 2.28. The van der Waals surface area contributed by atoms with E-state index in [-0.39, 0.29) is 36.3 Å². The molecule has 1 aromatic carbocycles. The molecule has 8 nitrogen and oxygen atoms in total. The van der Waals surface area contributed by atoms with Crippen molar-refractivity contribution in [2.45, 2.75) is 44.1 Å². The minimum atomic E-state index is -0.573. The first-order valence-electron chi connectivity index (χ1n) is 9.30. The zero-order valence-corrected chi connectivity index (χ0v) is 15.3. The predicted molar refractivity (Wildman–Crippen MR) is 96.8 cm³/mol. The highest BCUT2D eigenvalue weighted by Gasteiger charge is 2.39. The lowest BCUT2D eigenvalue weighted by Gasteiger charge is -2.29. The van der Waals surface area contributed by atoms with Crippen LogP contribution in [-0.4, -0.2) is 61.0 Å². The molecule has 3 atom stereocenters. The number of ether oxygens (including phenoxy) is 1. The normalized spacial score (nSPS) is 27.8. The summed E-state index contributed by atoms with van der Waals surface area (Å²) in [6.45, 7) is 2.74. The number of imide groups is 1. The molecule has 0 radical (unpaired) electrons. The summed E-state index contributed by atoms with van der Waals surface area (Å²) in [4.78, 5) is 37.9. The highest BCUT2D eigenvalue weighted by molar-refractivity contribution is 6.05. The van der Waals surface area contributed by atoms with E-state index >= 15 is 0 Å². The van der Waals surface area contributed by atoms with Crippen molar-refractivity contribution in [3.63, 3.8) is 0 Å². The van der Waals surface area contributed by atoms with Crippen LogP contribution < -0.4 is 16.0 Å². The van der Waals surface area contributed by atoms with Gasteiger partial charge in [-0.25, -0.2) is 0 Å². The Morgan fingerprint density at radius 3 is 2.89 bits per heavy atom. The Morgan fingerprint density at radius 2 is 2.11 bits per heavy atom. The molecule has 3 aliphatic heterocycles. The monoisotopic (exact) mass is 372 g/mol. The molecule has 3 aliphatic rings. The van der Waals surface area contributed by atoms with Crippen LogP contribution in [0.5, 0.6) is 0 Å². The van der Waals surface area contributed by atoms with Crippen molar-refractivity contribution in [3.05, 3.63) is 34.9 Å². The maximum Gasteiger partial charge on any atom is 0.255 e. The van der Waals surface area contributed by atoms with E-state index in [0.717, 1.165) is 24.2 Å². The fraction of sp³-hybridized carbons (Fsp3) is 0.526. The number of rotatable bonds is 5. The van der Waals surface area contributed by atoms with Crippen LogP contribution in [0.1, 0.15) is 34.3 Å². The quantitative estimate of drug-likeness (QED) is 0.604. The molecule has 1 aromatic rings. The summed E-state index contributed by atoms with van der Waals surface area (Å²) in [7, 11) is 1.71. The topological polar surface area (TPSA) is 99.8 Å². The second-order valence-corrected chi connectivity index (χ2v) is 7.31. The van der Waals surface area contributed by atoms with E-state index in [0.29, 0.717) is 25.1 Å². The van der Waals surface area contributed by atoms with Gasteiger partial charge >= 0.3 is 0 Å². The first-order chi connectivity index (χ1) is 13.1. The van der Waals surface area contributed by atoms with Crippen molar-refractivity contribution in [1.29, 1.82) is 0 Å². The average molecular weight is 372 g/mol. The fourth-order valence-corrected chi connectivity index (χ4v) is 4.07. The molecule has 3 amide bonds. The molecule has 1 unspecified atom stereocenters. The minimum absolute atomic E-state index is 0.140. The molecule has 4 rings (SSSR count). The van der Waals surface area contributed by atoms with E-state index in [4.69, 9.17) is 4.74 Å². The number of carbonyl (C=O) groups is 3. The van der Waals surface area contributed by atoms with Gasteiger partial charge in [-0.1, -0.05) is 12.1 Å². The summed E-state index contributed by atoms with van der Waals surface area (Å²) in [5, 5.41) is 9.10. The lowest BCUT2D eigenvalue weighted by atomic mass is 10.0. The Bertz CT molecular complexity index is 781. The van der Waals surface area contributed by atoms with Gasteiger partial charge in [-0.05, 0) is 23.6 Å². The number of nitrogens with zero attached hydrogens (tertiary/aromatic N) is 1. The summed E-state index contributed by atoms with van der Waals surface area (Å²) >= 11 is 0. The first kappa shape index (κ1) is 18.1. The molecule has 8 heteroatoms. The fourth-order valence-electron chi connectivity index (χ4n) is 4.07. The Hall–Kier alpha value is -2.29. The van der Waals surface area contributed by atoms with Gasteiger partial charge in [0, 0.05) is 51.3 Å². The van der Waals surface area contributed by atoms with Gasteiger partial charge in [-0.2, -0.15) is 0 Å². The molecule has 0 aromatic heterocycles. The molecule has 144 valence electrons. The number of carbonyl (C=O) groups excluding carboxylic acids is 3. The predicted octanol–water partition coefficient (Wildman–Crippen LogP) is -0.476.